The third-order valence-electron chi connectivity index (χ3n) is 2.41. The molecule has 0 N–H and O–H groups in total. The van der Waals surface area contributed by atoms with Gasteiger partial charge in [0.15, 0.2) is 0 Å². The van der Waals surface area contributed by atoms with E-state index in [0.717, 1.165) is 0 Å². The van der Waals surface area contributed by atoms with Gasteiger partial charge in [0.1, 0.15) is 26.2 Å². The minimum absolute atomic E-state index is 0.0694. The molecular formula is C20H44N4O8. The van der Waals surface area contributed by atoms with Crippen LogP contribution in [0.3, 0.4) is 0 Å². The molecule has 192 valence electrons. The van der Waals surface area contributed by atoms with E-state index >= 15 is 0 Å². The number of carbonyl (C=O) groups excluding carboxylic acids is 4. The van der Waals surface area contributed by atoms with Gasteiger partial charge in [0.2, 0.25) is 0 Å². The zero-order chi connectivity index (χ0) is 27.1. The van der Waals surface area contributed by atoms with Crippen LogP contribution >= 0.6 is 0 Å². The first-order valence-corrected chi connectivity index (χ1v) is 9.68. The molecule has 0 spiro atoms. The van der Waals surface area contributed by atoms with Crippen LogP contribution in [0.25, 0.3) is 0 Å². The van der Waals surface area contributed by atoms with Crippen molar-refractivity contribution in [2.75, 3.05) is 111 Å². The van der Waals surface area contributed by atoms with Crippen LogP contribution in [0.1, 0.15) is 0 Å². The molecule has 0 aliphatic heterocycles. The molecule has 0 aliphatic rings. The number of likely N-dealkylation sites (N-methyl/N-ethyl adjacent to an activating group) is 4. The highest BCUT2D eigenvalue weighted by atomic mass is 16.4. The van der Waals surface area contributed by atoms with E-state index in [1.165, 1.54) is 0 Å². The van der Waals surface area contributed by atoms with Gasteiger partial charge in [-0.2, -0.15) is 0 Å². The van der Waals surface area contributed by atoms with Crippen LogP contribution in [-0.4, -0.2) is 153 Å². The Hall–Kier alpha value is -2.28. The van der Waals surface area contributed by atoms with Crippen molar-refractivity contribution in [3.05, 3.63) is 0 Å². The average molecular weight is 469 g/mol. The molecule has 0 aromatic rings. The fourth-order valence-corrected chi connectivity index (χ4v) is 1.55. The minimum Gasteiger partial charge on any atom is -0.544 e. The van der Waals surface area contributed by atoms with Gasteiger partial charge in [-0.1, -0.05) is 0 Å². The number of hydrogen-bond acceptors (Lipinski definition) is 8. The second-order valence-electron chi connectivity index (χ2n) is 11.3. The van der Waals surface area contributed by atoms with Crippen molar-refractivity contribution >= 4 is 23.9 Å². The van der Waals surface area contributed by atoms with Gasteiger partial charge >= 0.3 is 0 Å². The molecule has 0 aromatic heterocycles. The van der Waals surface area contributed by atoms with Crippen LogP contribution in [-0.2, 0) is 19.2 Å². The summed E-state index contributed by atoms with van der Waals surface area (Å²) in [5.41, 5.74) is 0. The minimum atomic E-state index is -1.00. The van der Waals surface area contributed by atoms with Crippen LogP contribution in [0.2, 0.25) is 0 Å². The number of carboxylic acids is 4. The van der Waals surface area contributed by atoms with E-state index in [4.69, 9.17) is 0 Å². The zero-order valence-corrected chi connectivity index (χ0v) is 21.9. The summed E-state index contributed by atoms with van der Waals surface area (Å²) in [4.78, 5) is 39.6. The van der Waals surface area contributed by atoms with Crippen LogP contribution in [0.4, 0.5) is 0 Å². The fourth-order valence-electron chi connectivity index (χ4n) is 1.55. The number of rotatable bonds is 8. The third-order valence-corrected chi connectivity index (χ3v) is 2.41. The van der Waals surface area contributed by atoms with Crippen molar-refractivity contribution in [3.63, 3.8) is 0 Å². The van der Waals surface area contributed by atoms with E-state index in [0.29, 0.717) is 17.9 Å². The molecular weight excluding hydrogens is 424 g/mol. The maximum absolute atomic E-state index is 9.89. The summed E-state index contributed by atoms with van der Waals surface area (Å²) in [5, 5.41) is 39.6. The first-order chi connectivity index (χ1) is 13.7. The predicted octanol–water partition coefficient (Wildman–Crippen LogP) is -6.23. The van der Waals surface area contributed by atoms with E-state index in [1.807, 2.05) is 0 Å². The summed E-state index contributed by atoms with van der Waals surface area (Å²) in [6.45, 7) is 0.278. The van der Waals surface area contributed by atoms with Gasteiger partial charge in [-0.15, -0.1) is 0 Å². The lowest BCUT2D eigenvalue weighted by Gasteiger charge is -2.23. The largest absolute Gasteiger partial charge is 0.544 e. The Morgan fingerprint density at radius 2 is 0.469 bits per heavy atom. The predicted molar refractivity (Wildman–Crippen MR) is 112 cm³/mol. The summed E-state index contributed by atoms with van der Waals surface area (Å²) < 4.78 is 1.68. The SMILES string of the molecule is C[N+](C)(C)CC(=O)[O-].C[N+](C)(C)CC(=O)[O-].C[N+](C)(C)CC(=O)[O-].C[N+](C)(C)CC(=O)[O-]. The van der Waals surface area contributed by atoms with Crippen molar-refractivity contribution < 1.29 is 57.5 Å². The monoisotopic (exact) mass is 468 g/mol. The topological polar surface area (TPSA) is 161 Å². The lowest BCUT2D eigenvalue weighted by molar-refractivity contribution is -0.864. The van der Waals surface area contributed by atoms with Gasteiger partial charge in [-0.05, 0) is 0 Å². The molecule has 0 aromatic carbocycles. The third kappa shape index (κ3) is 63.0. The molecule has 12 heteroatoms. The zero-order valence-electron chi connectivity index (χ0n) is 21.9. The lowest BCUT2D eigenvalue weighted by atomic mass is 10.5. The maximum Gasteiger partial charge on any atom is 0.118 e. The van der Waals surface area contributed by atoms with E-state index in [9.17, 15) is 39.6 Å². The summed E-state index contributed by atoms with van der Waals surface area (Å²) in [6, 6.07) is 0. The van der Waals surface area contributed by atoms with Crippen LogP contribution < -0.4 is 20.4 Å². The summed E-state index contributed by atoms with van der Waals surface area (Å²) in [7, 11) is 21.6. The highest BCUT2D eigenvalue weighted by molar-refractivity contribution is 5.66. The van der Waals surface area contributed by atoms with E-state index in [2.05, 4.69) is 0 Å². The second kappa shape index (κ2) is 15.5. The number of nitrogens with zero attached hydrogens (tertiary/aromatic N) is 4. The van der Waals surface area contributed by atoms with Crippen molar-refractivity contribution in [2.45, 2.75) is 0 Å². The fraction of sp³-hybridized carbons (Fsp3) is 0.800. The highest BCUT2D eigenvalue weighted by Crippen LogP contribution is 1.86. The van der Waals surface area contributed by atoms with Crippen molar-refractivity contribution in [3.8, 4) is 0 Å². The van der Waals surface area contributed by atoms with Gasteiger partial charge in [0.05, 0.1) is 108 Å². The molecule has 0 aliphatic carbocycles. The van der Waals surface area contributed by atoms with Crippen molar-refractivity contribution in [1.82, 2.24) is 0 Å². The molecule has 0 unspecified atom stereocenters. The molecule has 0 bridgehead atoms. The van der Waals surface area contributed by atoms with Gasteiger partial charge in [0.25, 0.3) is 0 Å². The molecule has 0 amide bonds. The van der Waals surface area contributed by atoms with E-state index in [-0.39, 0.29) is 26.2 Å². The smallest absolute Gasteiger partial charge is 0.118 e. The maximum atomic E-state index is 9.89. The van der Waals surface area contributed by atoms with Crippen molar-refractivity contribution in [2.24, 2.45) is 0 Å². The summed E-state index contributed by atoms with van der Waals surface area (Å²) >= 11 is 0. The highest BCUT2D eigenvalue weighted by Gasteiger charge is 2.06. The van der Waals surface area contributed by atoms with Gasteiger partial charge in [-0.25, -0.2) is 0 Å². The molecule has 0 radical (unpaired) electrons. The molecule has 0 fully saturated rings. The average Bonchev–Trinajstić information content (AvgIpc) is 2.26. The van der Waals surface area contributed by atoms with Gasteiger partial charge in [0, 0.05) is 0 Å². The molecule has 0 saturated heterocycles. The first-order valence-electron chi connectivity index (χ1n) is 9.68. The number of carbonyl (C=O) groups is 4. The Morgan fingerprint density at radius 1 is 0.375 bits per heavy atom. The normalized spacial score (nSPS) is 11.4. The van der Waals surface area contributed by atoms with E-state index < -0.39 is 23.9 Å². The van der Waals surface area contributed by atoms with Gasteiger partial charge < -0.3 is 57.5 Å². The number of aliphatic carboxylic acids is 4. The molecule has 0 atom stereocenters. The van der Waals surface area contributed by atoms with E-state index in [1.54, 1.807) is 84.6 Å². The summed E-state index contributed by atoms with van der Waals surface area (Å²) in [6.07, 6.45) is 0. The quantitative estimate of drug-likeness (QED) is 0.318. The number of hydrogen-bond donors (Lipinski definition) is 0. The van der Waals surface area contributed by atoms with Crippen LogP contribution in [0.15, 0.2) is 0 Å². The Kier molecular flexibility index (Phi) is 18.0. The van der Waals surface area contributed by atoms with Gasteiger partial charge in [-0.3, -0.25) is 0 Å². The Morgan fingerprint density at radius 3 is 0.469 bits per heavy atom. The standard InChI is InChI=1S/4C5H11NO2/c4*1-6(2,3)4-5(7)8/h4*4H2,1-3H3. The Balaban J connectivity index is -0.000000163. The number of carboxylic acid groups (broad SMARTS) is 4. The number of quaternary nitrogens is 4. The van der Waals surface area contributed by atoms with Crippen LogP contribution in [0, 0.1) is 0 Å². The second-order valence-corrected chi connectivity index (χ2v) is 11.3. The Labute approximate surface area is 192 Å². The van der Waals surface area contributed by atoms with Crippen LogP contribution in [0.5, 0.6) is 0 Å². The molecule has 12 nitrogen and oxygen atoms in total. The molecule has 0 heterocycles. The Bertz CT molecular complexity index is 476. The summed E-state index contributed by atoms with van der Waals surface area (Å²) in [5.74, 6) is -4.01. The first kappa shape index (κ1) is 37.1. The molecule has 0 rings (SSSR count). The molecule has 0 saturated carbocycles. The lowest BCUT2D eigenvalue weighted by Crippen LogP contribution is -2.45. The molecule has 32 heavy (non-hydrogen) atoms. The van der Waals surface area contributed by atoms with Crippen molar-refractivity contribution in [1.29, 1.82) is 0 Å².